The molecule has 1 aliphatic carbocycles. The molecule has 18 heavy (non-hydrogen) atoms. The Morgan fingerprint density at radius 2 is 2.00 bits per heavy atom. The third-order valence-corrected chi connectivity index (χ3v) is 4.78. The monoisotopic (exact) mass is 252 g/mol. The first-order valence-electron chi connectivity index (χ1n) is 8.03. The van der Waals surface area contributed by atoms with Gasteiger partial charge in [-0.25, -0.2) is 0 Å². The van der Waals surface area contributed by atoms with Crippen LogP contribution in [0.2, 0.25) is 0 Å². The first kappa shape index (κ1) is 14.3. The van der Waals surface area contributed by atoms with E-state index in [4.69, 9.17) is 0 Å². The molecular formula is C16H32N2. The van der Waals surface area contributed by atoms with E-state index in [2.05, 4.69) is 31.0 Å². The number of likely N-dealkylation sites (tertiary alicyclic amines) is 1. The lowest BCUT2D eigenvalue weighted by Crippen LogP contribution is -2.42. The Kier molecular flexibility index (Phi) is 5.08. The summed E-state index contributed by atoms with van der Waals surface area (Å²) in [6, 6.07) is 0. The predicted octanol–water partition coefficient (Wildman–Crippen LogP) is 3.13. The summed E-state index contributed by atoms with van der Waals surface area (Å²) in [5.41, 5.74) is 0.596. The zero-order valence-corrected chi connectivity index (χ0v) is 12.7. The maximum Gasteiger partial charge on any atom is 0.00503 e. The fourth-order valence-corrected chi connectivity index (χ4v) is 3.79. The Labute approximate surface area is 114 Å². The molecule has 0 amide bonds. The quantitative estimate of drug-likeness (QED) is 0.781. The van der Waals surface area contributed by atoms with Crippen molar-refractivity contribution in [1.82, 2.24) is 10.2 Å². The molecule has 1 aliphatic heterocycles. The predicted molar refractivity (Wildman–Crippen MR) is 78.8 cm³/mol. The van der Waals surface area contributed by atoms with Crippen LogP contribution in [0.3, 0.4) is 0 Å². The standard InChI is InChI=1S/C16H32N2/c1-14(2)10-17-12-16(7-4-5-8-16)13-18-9-6-15(3)11-18/h14-15,17H,4-13H2,1-3H3. The van der Waals surface area contributed by atoms with E-state index in [1.54, 1.807) is 0 Å². The number of hydrogen-bond donors (Lipinski definition) is 1. The van der Waals surface area contributed by atoms with Crippen molar-refractivity contribution in [3.8, 4) is 0 Å². The Hall–Kier alpha value is -0.0800. The summed E-state index contributed by atoms with van der Waals surface area (Å²) in [6.45, 7) is 13.5. The van der Waals surface area contributed by atoms with Crippen molar-refractivity contribution >= 4 is 0 Å². The molecule has 2 nitrogen and oxygen atoms in total. The molecule has 1 N–H and O–H groups in total. The highest BCUT2D eigenvalue weighted by Crippen LogP contribution is 2.39. The van der Waals surface area contributed by atoms with Gasteiger partial charge in [0.05, 0.1) is 0 Å². The van der Waals surface area contributed by atoms with Crippen LogP contribution in [0.15, 0.2) is 0 Å². The van der Waals surface area contributed by atoms with Crippen molar-refractivity contribution in [2.45, 2.75) is 52.9 Å². The summed E-state index contributed by atoms with van der Waals surface area (Å²) in [4.78, 5) is 2.73. The third-order valence-electron chi connectivity index (χ3n) is 4.78. The second-order valence-corrected chi connectivity index (χ2v) is 7.36. The maximum atomic E-state index is 3.73. The molecule has 106 valence electrons. The molecule has 0 aromatic heterocycles. The van der Waals surface area contributed by atoms with Crippen LogP contribution < -0.4 is 5.32 Å². The lowest BCUT2D eigenvalue weighted by molar-refractivity contribution is 0.167. The minimum Gasteiger partial charge on any atom is -0.316 e. The molecule has 1 heterocycles. The number of nitrogens with zero attached hydrogens (tertiary/aromatic N) is 1. The molecule has 2 heteroatoms. The average Bonchev–Trinajstić information content (AvgIpc) is 2.89. The molecule has 2 rings (SSSR count). The highest BCUT2D eigenvalue weighted by molar-refractivity contribution is 4.91. The fourth-order valence-electron chi connectivity index (χ4n) is 3.79. The van der Waals surface area contributed by atoms with Crippen molar-refractivity contribution < 1.29 is 0 Å². The second kappa shape index (κ2) is 6.38. The smallest absolute Gasteiger partial charge is 0.00503 e. The topological polar surface area (TPSA) is 15.3 Å². The largest absolute Gasteiger partial charge is 0.316 e. The molecular weight excluding hydrogens is 220 g/mol. The highest BCUT2D eigenvalue weighted by atomic mass is 15.2. The lowest BCUT2D eigenvalue weighted by atomic mass is 9.85. The van der Waals surface area contributed by atoms with E-state index in [-0.39, 0.29) is 0 Å². The zero-order chi connectivity index (χ0) is 13.0. The van der Waals surface area contributed by atoms with E-state index in [1.807, 2.05) is 0 Å². The van der Waals surface area contributed by atoms with Crippen molar-refractivity contribution in [1.29, 1.82) is 0 Å². The summed E-state index contributed by atoms with van der Waals surface area (Å²) >= 11 is 0. The van der Waals surface area contributed by atoms with E-state index in [0.29, 0.717) is 5.41 Å². The van der Waals surface area contributed by atoms with Crippen LogP contribution in [-0.2, 0) is 0 Å². The van der Waals surface area contributed by atoms with Gasteiger partial charge in [0.2, 0.25) is 0 Å². The lowest BCUT2D eigenvalue weighted by Gasteiger charge is -2.34. The highest BCUT2D eigenvalue weighted by Gasteiger charge is 2.36. The van der Waals surface area contributed by atoms with Gasteiger partial charge in [-0.1, -0.05) is 33.6 Å². The van der Waals surface area contributed by atoms with Gasteiger partial charge in [-0.2, -0.15) is 0 Å². The van der Waals surface area contributed by atoms with Gasteiger partial charge < -0.3 is 10.2 Å². The van der Waals surface area contributed by atoms with E-state index >= 15 is 0 Å². The van der Waals surface area contributed by atoms with Crippen LogP contribution in [0.1, 0.15) is 52.9 Å². The van der Waals surface area contributed by atoms with Crippen LogP contribution in [0, 0.1) is 17.3 Å². The molecule has 0 spiro atoms. The summed E-state index contributed by atoms with van der Waals surface area (Å²) in [5.74, 6) is 1.70. The maximum absolute atomic E-state index is 3.73. The molecule has 2 aliphatic rings. The fraction of sp³-hybridized carbons (Fsp3) is 1.00. The van der Waals surface area contributed by atoms with E-state index < -0.39 is 0 Å². The van der Waals surface area contributed by atoms with Crippen LogP contribution >= 0.6 is 0 Å². The Morgan fingerprint density at radius 3 is 2.56 bits per heavy atom. The summed E-state index contributed by atoms with van der Waals surface area (Å²) in [6.07, 6.45) is 7.21. The van der Waals surface area contributed by atoms with Gasteiger partial charge in [-0.3, -0.25) is 0 Å². The molecule has 1 unspecified atom stereocenters. The van der Waals surface area contributed by atoms with Gasteiger partial charge in [0.15, 0.2) is 0 Å². The number of hydrogen-bond acceptors (Lipinski definition) is 2. The molecule has 2 fully saturated rings. The van der Waals surface area contributed by atoms with E-state index in [0.717, 1.165) is 11.8 Å². The first-order valence-corrected chi connectivity index (χ1v) is 8.03. The van der Waals surface area contributed by atoms with Crippen LogP contribution in [0.5, 0.6) is 0 Å². The summed E-state index contributed by atoms with van der Waals surface area (Å²) < 4.78 is 0. The van der Waals surface area contributed by atoms with Gasteiger partial charge in [-0.15, -0.1) is 0 Å². The van der Waals surface area contributed by atoms with E-state index in [1.165, 1.54) is 64.8 Å². The van der Waals surface area contributed by atoms with Crippen molar-refractivity contribution in [3.63, 3.8) is 0 Å². The molecule has 0 aromatic rings. The van der Waals surface area contributed by atoms with Crippen molar-refractivity contribution in [2.75, 3.05) is 32.7 Å². The molecule has 1 saturated carbocycles. The minimum absolute atomic E-state index is 0.596. The van der Waals surface area contributed by atoms with Crippen LogP contribution in [0.25, 0.3) is 0 Å². The summed E-state index contributed by atoms with van der Waals surface area (Å²) in [5, 5.41) is 3.73. The zero-order valence-electron chi connectivity index (χ0n) is 12.7. The van der Waals surface area contributed by atoms with Gasteiger partial charge in [-0.05, 0) is 49.6 Å². The van der Waals surface area contributed by atoms with Gasteiger partial charge in [0, 0.05) is 19.6 Å². The molecule has 0 bridgehead atoms. The van der Waals surface area contributed by atoms with Gasteiger partial charge >= 0.3 is 0 Å². The second-order valence-electron chi connectivity index (χ2n) is 7.36. The normalized spacial score (nSPS) is 28.3. The van der Waals surface area contributed by atoms with Gasteiger partial charge in [0.25, 0.3) is 0 Å². The number of nitrogens with one attached hydrogen (secondary N) is 1. The van der Waals surface area contributed by atoms with E-state index in [9.17, 15) is 0 Å². The molecule has 0 aromatic carbocycles. The van der Waals surface area contributed by atoms with Crippen LogP contribution in [0.4, 0.5) is 0 Å². The molecule has 1 atom stereocenters. The SMILES string of the molecule is CC(C)CNCC1(CN2CCC(C)C2)CCCC1. The van der Waals surface area contributed by atoms with Gasteiger partial charge in [0.1, 0.15) is 0 Å². The Morgan fingerprint density at radius 1 is 1.28 bits per heavy atom. The van der Waals surface area contributed by atoms with Crippen LogP contribution in [-0.4, -0.2) is 37.6 Å². The molecule has 1 saturated heterocycles. The van der Waals surface area contributed by atoms with Crippen molar-refractivity contribution in [3.05, 3.63) is 0 Å². The average molecular weight is 252 g/mol. The Balaban J connectivity index is 1.82. The Bertz CT molecular complexity index is 243. The third kappa shape index (κ3) is 3.96. The van der Waals surface area contributed by atoms with Crippen molar-refractivity contribution in [2.24, 2.45) is 17.3 Å². The summed E-state index contributed by atoms with van der Waals surface area (Å²) in [7, 11) is 0. The minimum atomic E-state index is 0.596. The molecule has 0 radical (unpaired) electrons. The number of rotatable bonds is 6. The first-order chi connectivity index (χ1) is 8.60.